The lowest BCUT2D eigenvalue weighted by atomic mass is 10.1. The molecule has 1 aliphatic heterocycles. The Bertz CT molecular complexity index is 829. The number of hydrogen-bond acceptors (Lipinski definition) is 5. The summed E-state index contributed by atoms with van der Waals surface area (Å²) < 4.78 is 44.0. The second kappa shape index (κ2) is 8.28. The summed E-state index contributed by atoms with van der Waals surface area (Å²) >= 11 is 0. The Kier molecular flexibility index (Phi) is 6.26. The third kappa shape index (κ3) is 4.78. The van der Waals surface area contributed by atoms with Crippen LogP contribution in [0.1, 0.15) is 26.7 Å². The molecule has 0 atom stereocenters. The Morgan fingerprint density at radius 3 is 2.46 bits per heavy atom. The summed E-state index contributed by atoms with van der Waals surface area (Å²) in [6, 6.07) is 0.904. The first kappa shape index (κ1) is 21.2. The molecule has 0 aliphatic carbocycles. The maximum atomic E-state index is 13.5. The predicted molar refractivity (Wildman–Crippen MR) is 89.5 cm³/mol. The van der Waals surface area contributed by atoms with E-state index in [2.05, 4.69) is 10.1 Å². The van der Waals surface area contributed by atoms with Crippen LogP contribution in [0, 0.1) is 17.5 Å². The van der Waals surface area contributed by atoms with E-state index in [0.717, 1.165) is 11.0 Å². The molecular weight excluding hydrogens is 383 g/mol. The van der Waals surface area contributed by atoms with Gasteiger partial charge in [-0.05, 0) is 32.4 Å². The molecule has 1 heterocycles. The molecule has 0 spiro atoms. The van der Waals surface area contributed by atoms with Crippen LogP contribution < -0.4 is 10.6 Å². The van der Waals surface area contributed by atoms with Crippen molar-refractivity contribution in [2.45, 2.75) is 32.2 Å². The quantitative estimate of drug-likeness (QED) is 0.411. The SMILES string of the molecule is CC1(C)NC(=O)N(CCCC(=O)OCC(=O)Nc2ccc(F)c(F)c2F)C1=O. The summed E-state index contributed by atoms with van der Waals surface area (Å²) in [4.78, 5) is 47.9. The number of hydrogen-bond donors (Lipinski definition) is 2. The Labute approximate surface area is 158 Å². The van der Waals surface area contributed by atoms with Gasteiger partial charge in [-0.2, -0.15) is 0 Å². The number of amides is 4. The largest absolute Gasteiger partial charge is 0.456 e. The van der Waals surface area contributed by atoms with Crippen LogP contribution in [-0.2, 0) is 19.1 Å². The molecule has 8 nitrogen and oxygen atoms in total. The highest BCUT2D eigenvalue weighted by Crippen LogP contribution is 2.19. The standard InChI is InChI=1S/C17H18F3N3O5/c1-17(2)15(26)23(16(27)22-17)7-3-4-12(25)28-8-11(24)21-10-6-5-9(18)13(19)14(10)20/h5-6H,3-4,7-8H2,1-2H3,(H,21,24)(H,22,27). The maximum Gasteiger partial charge on any atom is 0.325 e. The zero-order chi connectivity index (χ0) is 21.1. The topological polar surface area (TPSA) is 105 Å². The lowest BCUT2D eigenvalue weighted by Gasteiger charge is -2.15. The average molecular weight is 401 g/mol. The van der Waals surface area contributed by atoms with E-state index in [4.69, 9.17) is 0 Å². The van der Waals surface area contributed by atoms with Crippen LogP contribution in [0.3, 0.4) is 0 Å². The molecule has 0 unspecified atom stereocenters. The van der Waals surface area contributed by atoms with Gasteiger partial charge < -0.3 is 15.4 Å². The highest BCUT2D eigenvalue weighted by atomic mass is 19.2. The van der Waals surface area contributed by atoms with E-state index in [1.165, 1.54) is 0 Å². The summed E-state index contributed by atoms with van der Waals surface area (Å²) in [5.41, 5.74) is -1.61. The van der Waals surface area contributed by atoms with E-state index in [-0.39, 0.29) is 19.4 Å². The van der Waals surface area contributed by atoms with E-state index < -0.39 is 59.1 Å². The Hall–Kier alpha value is -3.11. The van der Waals surface area contributed by atoms with Crippen molar-refractivity contribution in [1.82, 2.24) is 10.2 Å². The number of halogens is 3. The smallest absolute Gasteiger partial charge is 0.325 e. The van der Waals surface area contributed by atoms with Gasteiger partial charge in [0.25, 0.3) is 11.8 Å². The van der Waals surface area contributed by atoms with Gasteiger partial charge in [0, 0.05) is 13.0 Å². The van der Waals surface area contributed by atoms with Crippen molar-refractivity contribution in [2.24, 2.45) is 0 Å². The molecule has 0 bridgehead atoms. The third-order valence-electron chi connectivity index (χ3n) is 3.88. The van der Waals surface area contributed by atoms with E-state index >= 15 is 0 Å². The van der Waals surface area contributed by atoms with Crippen molar-refractivity contribution in [3.05, 3.63) is 29.6 Å². The monoisotopic (exact) mass is 401 g/mol. The molecule has 1 aromatic carbocycles. The molecule has 2 rings (SSSR count). The van der Waals surface area contributed by atoms with Crippen LogP contribution in [0.25, 0.3) is 0 Å². The number of urea groups is 1. The van der Waals surface area contributed by atoms with Crippen molar-refractivity contribution in [3.63, 3.8) is 0 Å². The fourth-order valence-electron chi connectivity index (χ4n) is 2.43. The first-order valence-electron chi connectivity index (χ1n) is 8.26. The van der Waals surface area contributed by atoms with Gasteiger partial charge in [0.15, 0.2) is 24.1 Å². The first-order valence-corrected chi connectivity index (χ1v) is 8.26. The summed E-state index contributed by atoms with van der Waals surface area (Å²) in [6.07, 6.45) is -0.0577. The van der Waals surface area contributed by atoms with Crippen LogP contribution in [-0.4, -0.2) is 47.4 Å². The summed E-state index contributed by atoms with van der Waals surface area (Å²) in [5.74, 6) is -6.87. The van der Waals surface area contributed by atoms with Crippen molar-refractivity contribution in [2.75, 3.05) is 18.5 Å². The molecule has 0 aromatic heterocycles. The minimum Gasteiger partial charge on any atom is -0.456 e. The Morgan fingerprint density at radius 2 is 1.86 bits per heavy atom. The molecule has 2 N–H and O–H groups in total. The van der Waals surface area contributed by atoms with Gasteiger partial charge in [0.05, 0.1) is 5.69 Å². The van der Waals surface area contributed by atoms with Gasteiger partial charge >= 0.3 is 12.0 Å². The number of rotatable bonds is 7. The summed E-state index contributed by atoms with van der Waals surface area (Å²) in [7, 11) is 0. The van der Waals surface area contributed by atoms with E-state index in [9.17, 15) is 32.3 Å². The molecule has 0 radical (unpaired) electrons. The van der Waals surface area contributed by atoms with Gasteiger partial charge in [-0.15, -0.1) is 0 Å². The first-order chi connectivity index (χ1) is 13.0. The molecule has 4 amide bonds. The zero-order valence-corrected chi connectivity index (χ0v) is 15.1. The van der Waals surface area contributed by atoms with Crippen molar-refractivity contribution in [1.29, 1.82) is 0 Å². The highest BCUT2D eigenvalue weighted by molar-refractivity contribution is 6.06. The van der Waals surface area contributed by atoms with Crippen molar-refractivity contribution in [3.8, 4) is 0 Å². The van der Waals surface area contributed by atoms with E-state index in [1.807, 2.05) is 5.32 Å². The summed E-state index contributed by atoms with van der Waals surface area (Å²) in [6.45, 7) is 2.33. The fourth-order valence-corrected chi connectivity index (χ4v) is 2.43. The molecule has 1 aliphatic rings. The second-order valence-corrected chi connectivity index (χ2v) is 6.55. The molecule has 28 heavy (non-hydrogen) atoms. The predicted octanol–water partition coefficient (Wildman–Crippen LogP) is 1.70. The van der Waals surface area contributed by atoms with Crippen molar-refractivity contribution < 1.29 is 37.1 Å². The number of anilines is 1. The van der Waals surface area contributed by atoms with E-state index in [0.29, 0.717) is 6.07 Å². The lowest BCUT2D eigenvalue weighted by molar-refractivity contribution is -0.147. The Balaban J connectivity index is 1.74. The minimum absolute atomic E-state index is 0.00450. The highest BCUT2D eigenvalue weighted by Gasteiger charge is 2.43. The van der Waals surface area contributed by atoms with Crippen LogP contribution in [0.5, 0.6) is 0 Å². The van der Waals surface area contributed by atoms with Crippen molar-refractivity contribution >= 4 is 29.5 Å². The Morgan fingerprint density at radius 1 is 1.18 bits per heavy atom. The van der Waals surface area contributed by atoms with E-state index in [1.54, 1.807) is 13.8 Å². The second-order valence-electron chi connectivity index (χ2n) is 6.55. The van der Waals surface area contributed by atoms with Gasteiger partial charge in [-0.1, -0.05) is 0 Å². The molecule has 1 saturated heterocycles. The number of esters is 1. The number of carbonyl (C=O) groups excluding carboxylic acids is 4. The lowest BCUT2D eigenvalue weighted by Crippen LogP contribution is -2.40. The van der Waals surface area contributed by atoms with Gasteiger partial charge in [-0.25, -0.2) is 18.0 Å². The zero-order valence-electron chi connectivity index (χ0n) is 15.1. The minimum atomic E-state index is -1.74. The normalized spacial score (nSPS) is 15.4. The number of nitrogens with one attached hydrogen (secondary N) is 2. The molecule has 1 aromatic rings. The molecular formula is C17H18F3N3O5. The number of nitrogens with zero attached hydrogens (tertiary/aromatic N) is 1. The number of carbonyl (C=O) groups is 4. The fraction of sp³-hybridized carbons (Fsp3) is 0.412. The van der Waals surface area contributed by atoms with Gasteiger partial charge in [0.2, 0.25) is 0 Å². The van der Waals surface area contributed by atoms with Gasteiger partial charge in [-0.3, -0.25) is 19.3 Å². The molecule has 1 fully saturated rings. The van der Waals surface area contributed by atoms with Crippen LogP contribution in [0.15, 0.2) is 12.1 Å². The number of imide groups is 1. The maximum absolute atomic E-state index is 13.5. The van der Waals surface area contributed by atoms with Gasteiger partial charge in [0.1, 0.15) is 5.54 Å². The number of ether oxygens (including phenoxy) is 1. The molecule has 152 valence electrons. The van der Waals surface area contributed by atoms with Crippen LogP contribution in [0.4, 0.5) is 23.7 Å². The van der Waals surface area contributed by atoms with Crippen LogP contribution >= 0.6 is 0 Å². The van der Waals surface area contributed by atoms with Crippen LogP contribution in [0.2, 0.25) is 0 Å². The third-order valence-corrected chi connectivity index (χ3v) is 3.88. The number of benzene rings is 1. The molecule has 11 heteroatoms. The average Bonchev–Trinajstić information content (AvgIpc) is 2.82. The summed E-state index contributed by atoms with van der Waals surface area (Å²) in [5, 5.41) is 4.45. The molecule has 0 saturated carbocycles.